The highest BCUT2D eigenvalue weighted by atomic mass is 16.6. The normalized spacial score (nSPS) is 11.7. The third-order valence-electron chi connectivity index (χ3n) is 4.58. The van der Waals surface area contributed by atoms with E-state index in [2.05, 4.69) is 16.9 Å². The summed E-state index contributed by atoms with van der Waals surface area (Å²) < 4.78 is 21.5. The molecule has 0 bridgehead atoms. The number of rotatable bonds is 15. The lowest BCUT2D eigenvalue weighted by Crippen LogP contribution is -2.22. The molecule has 2 rings (SSSR count). The number of carbonyl (C=O) groups is 1. The van der Waals surface area contributed by atoms with E-state index in [9.17, 15) is 4.79 Å². The van der Waals surface area contributed by atoms with E-state index < -0.39 is 0 Å². The number of aromatic nitrogens is 2. The molecular formula is C24H34N2O5. The first-order valence-electron chi connectivity index (χ1n) is 11.0. The Bertz CT molecular complexity index is 750. The highest BCUT2D eigenvalue weighted by Gasteiger charge is 2.11. The van der Waals surface area contributed by atoms with Gasteiger partial charge in [0, 0.05) is 12.7 Å². The fourth-order valence-corrected chi connectivity index (χ4v) is 2.85. The molecule has 0 fully saturated rings. The summed E-state index contributed by atoms with van der Waals surface area (Å²) in [5.74, 6) is 1.67. The van der Waals surface area contributed by atoms with E-state index in [1.807, 2.05) is 24.3 Å². The monoisotopic (exact) mass is 430 g/mol. The largest absolute Gasteiger partial charge is 0.494 e. The van der Waals surface area contributed by atoms with Gasteiger partial charge in [-0.05, 0) is 37.6 Å². The van der Waals surface area contributed by atoms with Gasteiger partial charge in [0.05, 0.1) is 32.0 Å². The average Bonchev–Trinajstić information content (AvgIpc) is 2.79. The van der Waals surface area contributed by atoms with Crippen LogP contribution < -0.4 is 9.47 Å². The van der Waals surface area contributed by atoms with E-state index >= 15 is 0 Å². The Balaban J connectivity index is 1.75. The number of nitrogens with zero attached hydrogens (tertiary/aromatic N) is 2. The topological polar surface area (TPSA) is 79.8 Å². The van der Waals surface area contributed by atoms with Crippen LogP contribution in [0.4, 0.5) is 0 Å². The van der Waals surface area contributed by atoms with Gasteiger partial charge in [0.15, 0.2) is 11.6 Å². The van der Waals surface area contributed by atoms with Crippen molar-refractivity contribution in [2.45, 2.75) is 58.5 Å². The van der Waals surface area contributed by atoms with E-state index in [0.717, 1.165) is 24.3 Å². The van der Waals surface area contributed by atoms with Gasteiger partial charge in [-0.15, -0.1) is 0 Å². The van der Waals surface area contributed by atoms with Crippen molar-refractivity contribution in [3.05, 3.63) is 36.7 Å². The van der Waals surface area contributed by atoms with Crippen molar-refractivity contribution in [3.8, 4) is 22.9 Å². The fraction of sp³-hybridized carbons (Fsp3) is 0.542. The quantitative estimate of drug-likeness (QED) is 0.295. The predicted molar refractivity (Wildman–Crippen MR) is 119 cm³/mol. The van der Waals surface area contributed by atoms with Crippen LogP contribution in [0.2, 0.25) is 0 Å². The maximum Gasteiger partial charge on any atom is 0.308 e. The summed E-state index contributed by atoms with van der Waals surface area (Å²) in [4.78, 5) is 20.3. The van der Waals surface area contributed by atoms with Crippen molar-refractivity contribution in [3.63, 3.8) is 0 Å². The molecule has 0 radical (unpaired) electrons. The third kappa shape index (κ3) is 9.79. The zero-order valence-corrected chi connectivity index (χ0v) is 18.8. The molecule has 0 spiro atoms. The Kier molecular flexibility index (Phi) is 11.4. The molecule has 0 saturated heterocycles. The van der Waals surface area contributed by atoms with Crippen LogP contribution in [-0.4, -0.2) is 49.0 Å². The molecule has 7 heteroatoms. The van der Waals surface area contributed by atoms with Gasteiger partial charge in [0.1, 0.15) is 18.5 Å². The molecule has 1 atom stereocenters. The summed E-state index contributed by atoms with van der Waals surface area (Å²) in [6.45, 7) is 5.30. The van der Waals surface area contributed by atoms with Crippen molar-refractivity contribution in [2.75, 3.05) is 26.9 Å². The molecular weight excluding hydrogens is 396 g/mol. The second kappa shape index (κ2) is 14.4. The Morgan fingerprint density at radius 3 is 2.32 bits per heavy atom. The lowest BCUT2D eigenvalue weighted by molar-refractivity contribution is -0.150. The number of ether oxygens (including phenoxy) is 4. The predicted octanol–water partition coefficient (Wildman–Crippen LogP) is 4.84. The SMILES string of the molecule is CCCCCCCOc1ccc(-c2ncc(OCC(C)OC(=O)CCOC)cn2)cc1. The first kappa shape index (κ1) is 24.6. The average molecular weight is 431 g/mol. The van der Waals surface area contributed by atoms with Gasteiger partial charge in [-0.2, -0.15) is 0 Å². The molecule has 1 unspecified atom stereocenters. The van der Waals surface area contributed by atoms with Crippen molar-refractivity contribution >= 4 is 5.97 Å². The standard InChI is InChI=1S/C24H34N2O5/c1-4-5-6-7-8-14-29-21-11-9-20(10-12-21)24-25-16-22(17-26-24)30-18-19(2)31-23(27)13-15-28-3/h9-12,16-17,19H,4-8,13-15,18H2,1-3H3. The van der Waals surface area contributed by atoms with Crippen LogP contribution in [0, 0.1) is 0 Å². The van der Waals surface area contributed by atoms with Crippen LogP contribution >= 0.6 is 0 Å². The van der Waals surface area contributed by atoms with Gasteiger partial charge in [0.2, 0.25) is 0 Å². The van der Waals surface area contributed by atoms with E-state index in [1.54, 1.807) is 26.4 Å². The lowest BCUT2D eigenvalue weighted by atomic mass is 10.2. The summed E-state index contributed by atoms with van der Waals surface area (Å²) in [7, 11) is 1.54. The number of benzene rings is 1. The Labute approximate surface area is 185 Å². The number of hydrogen-bond donors (Lipinski definition) is 0. The first-order valence-corrected chi connectivity index (χ1v) is 11.0. The van der Waals surface area contributed by atoms with Crippen LogP contribution in [0.3, 0.4) is 0 Å². The molecule has 0 aliphatic carbocycles. The third-order valence-corrected chi connectivity index (χ3v) is 4.58. The van der Waals surface area contributed by atoms with Gasteiger partial charge in [0.25, 0.3) is 0 Å². The molecule has 2 aromatic rings. The van der Waals surface area contributed by atoms with Crippen molar-refractivity contribution in [2.24, 2.45) is 0 Å². The van der Waals surface area contributed by atoms with Gasteiger partial charge >= 0.3 is 5.97 Å². The highest BCUT2D eigenvalue weighted by molar-refractivity contribution is 5.69. The maximum atomic E-state index is 11.6. The highest BCUT2D eigenvalue weighted by Crippen LogP contribution is 2.21. The molecule has 31 heavy (non-hydrogen) atoms. The summed E-state index contributed by atoms with van der Waals surface area (Å²) >= 11 is 0. The van der Waals surface area contributed by atoms with Gasteiger partial charge < -0.3 is 18.9 Å². The minimum absolute atomic E-state index is 0.224. The molecule has 0 N–H and O–H groups in total. The molecule has 0 aliphatic heterocycles. The van der Waals surface area contributed by atoms with Crippen LogP contribution in [0.5, 0.6) is 11.5 Å². The molecule has 170 valence electrons. The zero-order valence-electron chi connectivity index (χ0n) is 18.8. The van der Waals surface area contributed by atoms with Crippen LogP contribution in [0.1, 0.15) is 52.4 Å². The summed E-state index contributed by atoms with van der Waals surface area (Å²) in [5, 5.41) is 0. The maximum absolute atomic E-state index is 11.6. The van der Waals surface area contributed by atoms with E-state index in [-0.39, 0.29) is 25.1 Å². The number of methoxy groups -OCH3 is 1. The Hall–Kier alpha value is -2.67. The molecule has 7 nitrogen and oxygen atoms in total. The number of unbranched alkanes of at least 4 members (excludes halogenated alkanes) is 4. The fourth-order valence-electron chi connectivity index (χ4n) is 2.85. The number of esters is 1. The van der Waals surface area contributed by atoms with Gasteiger partial charge in [-0.1, -0.05) is 32.6 Å². The smallest absolute Gasteiger partial charge is 0.308 e. The summed E-state index contributed by atoms with van der Waals surface area (Å²) in [6.07, 6.45) is 9.19. The van der Waals surface area contributed by atoms with E-state index in [0.29, 0.717) is 18.2 Å². The second-order valence-corrected chi connectivity index (χ2v) is 7.38. The van der Waals surface area contributed by atoms with Crippen molar-refractivity contribution < 1.29 is 23.7 Å². The van der Waals surface area contributed by atoms with E-state index in [4.69, 9.17) is 18.9 Å². The van der Waals surface area contributed by atoms with Crippen LogP contribution in [0.15, 0.2) is 36.7 Å². The molecule has 1 heterocycles. The molecule has 1 aromatic heterocycles. The number of carbonyl (C=O) groups excluding carboxylic acids is 1. The molecule has 0 saturated carbocycles. The van der Waals surface area contributed by atoms with Crippen LogP contribution in [0.25, 0.3) is 11.4 Å². The first-order chi connectivity index (χ1) is 15.1. The van der Waals surface area contributed by atoms with Crippen molar-refractivity contribution in [1.29, 1.82) is 0 Å². The summed E-state index contributed by atoms with van der Waals surface area (Å²) in [5.41, 5.74) is 0.905. The van der Waals surface area contributed by atoms with Crippen molar-refractivity contribution in [1.82, 2.24) is 9.97 Å². The minimum atomic E-state index is -0.372. The van der Waals surface area contributed by atoms with E-state index in [1.165, 1.54) is 25.7 Å². The molecule has 1 aromatic carbocycles. The second-order valence-electron chi connectivity index (χ2n) is 7.38. The zero-order chi connectivity index (χ0) is 22.3. The lowest BCUT2D eigenvalue weighted by Gasteiger charge is -2.14. The summed E-state index contributed by atoms with van der Waals surface area (Å²) in [6, 6.07) is 7.77. The van der Waals surface area contributed by atoms with Gasteiger partial charge in [-0.25, -0.2) is 9.97 Å². The van der Waals surface area contributed by atoms with Crippen LogP contribution in [-0.2, 0) is 14.3 Å². The molecule has 0 amide bonds. The Morgan fingerprint density at radius 2 is 1.65 bits per heavy atom. The molecule has 0 aliphatic rings. The minimum Gasteiger partial charge on any atom is -0.494 e. The van der Waals surface area contributed by atoms with Gasteiger partial charge in [-0.3, -0.25) is 4.79 Å². The number of hydrogen-bond acceptors (Lipinski definition) is 7. The Morgan fingerprint density at radius 1 is 0.935 bits per heavy atom.